The molecule has 5 nitrogen and oxygen atoms in total. The summed E-state index contributed by atoms with van der Waals surface area (Å²) in [6, 6.07) is 5.60. The summed E-state index contributed by atoms with van der Waals surface area (Å²) in [4.78, 5) is 16.4. The molecule has 1 atom stereocenters. The zero-order valence-corrected chi connectivity index (χ0v) is 14.8. The molecule has 0 fully saturated rings. The lowest BCUT2D eigenvalue weighted by molar-refractivity contribution is -0.162. The summed E-state index contributed by atoms with van der Waals surface area (Å²) in [6.45, 7) is 3.61. The minimum atomic E-state index is -0.882. The zero-order chi connectivity index (χ0) is 17.2. The first-order valence-electron chi connectivity index (χ1n) is 7.51. The second kappa shape index (κ2) is 10.8. The minimum Gasteiger partial charge on any atom is -0.481 e. The average molecular weight is 363 g/mol. The van der Waals surface area contributed by atoms with E-state index >= 15 is 0 Å². The van der Waals surface area contributed by atoms with Crippen molar-refractivity contribution in [2.75, 3.05) is 24.8 Å². The second-order valence-electron chi connectivity index (χ2n) is 5.40. The van der Waals surface area contributed by atoms with E-state index in [2.05, 4.69) is 0 Å². The van der Waals surface area contributed by atoms with Gasteiger partial charge in [0.15, 0.2) is 0 Å². The largest absolute Gasteiger partial charge is 0.481 e. The number of carboxylic acid groups (broad SMARTS) is 1. The summed E-state index contributed by atoms with van der Waals surface area (Å²) in [5.74, 6) is 0.0626. The van der Waals surface area contributed by atoms with Gasteiger partial charge in [0.25, 0.3) is 0 Å². The van der Waals surface area contributed by atoms with Crippen LogP contribution in [0.25, 0.3) is 0 Å². The second-order valence-corrected chi connectivity index (χ2v) is 6.16. The van der Waals surface area contributed by atoms with E-state index < -0.39 is 12.0 Å². The molecule has 0 radical (unpaired) electrons. The van der Waals surface area contributed by atoms with Crippen LogP contribution in [-0.4, -0.2) is 47.0 Å². The number of carboxylic acids is 1. The Bertz CT molecular complexity index is 494. The third-order valence-corrected chi connectivity index (χ3v) is 3.75. The van der Waals surface area contributed by atoms with Gasteiger partial charge in [-0.3, -0.25) is 9.63 Å². The molecule has 3 N–H and O–H groups in total. The smallest absolute Gasteiger partial charge is 0.304 e. The number of aliphatic carboxylic acids is 1. The summed E-state index contributed by atoms with van der Waals surface area (Å²) < 4.78 is 0. The van der Waals surface area contributed by atoms with Crippen LogP contribution in [0.15, 0.2) is 18.2 Å². The van der Waals surface area contributed by atoms with Crippen LogP contribution in [0.3, 0.4) is 0 Å². The predicted molar refractivity (Wildman–Crippen MR) is 92.9 cm³/mol. The van der Waals surface area contributed by atoms with Crippen molar-refractivity contribution in [1.82, 2.24) is 5.06 Å². The molecule has 1 unspecified atom stereocenters. The molecule has 130 valence electrons. The molecule has 0 heterocycles. The normalized spacial score (nSPS) is 12.6. The van der Waals surface area contributed by atoms with Crippen molar-refractivity contribution >= 4 is 29.2 Å². The van der Waals surface area contributed by atoms with Crippen molar-refractivity contribution in [1.29, 1.82) is 0 Å². The standard InChI is InChI=1S/C16H24Cl2N2O3/c1-12-2-3-13(11-23-20(6-4-17)7-5-18)8-14(12)9-15(19)10-16(21)22/h2-3,8,15H,4-7,9-11,19H2,1H3,(H,21,22). The van der Waals surface area contributed by atoms with Crippen LogP contribution in [-0.2, 0) is 22.7 Å². The number of nitrogens with two attached hydrogens (primary N) is 1. The molecule has 0 amide bonds. The van der Waals surface area contributed by atoms with E-state index in [0.29, 0.717) is 37.9 Å². The number of halogens is 2. The van der Waals surface area contributed by atoms with Crippen LogP contribution in [0.2, 0.25) is 0 Å². The molecule has 0 aliphatic carbocycles. The number of hydrogen-bond acceptors (Lipinski definition) is 4. The lowest BCUT2D eigenvalue weighted by atomic mass is 9.98. The Kier molecular flexibility index (Phi) is 9.52. The first-order chi connectivity index (χ1) is 11.0. The van der Waals surface area contributed by atoms with Crippen LogP contribution < -0.4 is 5.73 Å². The van der Waals surface area contributed by atoms with E-state index in [0.717, 1.165) is 16.7 Å². The highest BCUT2D eigenvalue weighted by Gasteiger charge is 2.11. The molecule has 1 rings (SSSR count). The van der Waals surface area contributed by atoms with Crippen LogP contribution in [0.4, 0.5) is 0 Å². The van der Waals surface area contributed by atoms with Crippen LogP contribution >= 0.6 is 23.2 Å². The van der Waals surface area contributed by atoms with Gasteiger partial charge in [-0.05, 0) is 30.0 Å². The molecular formula is C16H24Cl2N2O3. The number of nitrogens with zero attached hydrogens (tertiary/aromatic N) is 1. The summed E-state index contributed by atoms with van der Waals surface area (Å²) in [6.07, 6.45) is 0.485. The first kappa shape index (κ1) is 20.2. The summed E-state index contributed by atoms with van der Waals surface area (Å²) in [5, 5.41) is 10.6. The zero-order valence-electron chi connectivity index (χ0n) is 13.3. The lowest BCUT2D eigenvalue weighted by Gasteiger charge is -2.20. The van der Waals surface area contributed by atoms with Crippen molar-refractivity contribution in [3.05, 3.63) is 34.9 Å². The number of rotatable bonds is 11. The maximum Gasteiger partial charge on any atom is 0.304 e. The van der Waals surface area contributed by atoms with Gasteiger partial charge in [0.1, 0.15) is 0 Å². The minimum absolute atomic E-state index is 0.0423. The molecule has 0 aromatic heterocycles. The van der Waals surface area contributed by atoms with Gasteiger partial charge in [-0.2, -0.15) is 5.06 Å². The number of hydroxylamine groups is 2. The molecule has 0 aliphatic rings. The Labute approximate surface area is 147 Å². The Morgan fingerprint density at radius 3 is 2.57 bits per heavy atom. The monoisotopic (exact) mass is 362 g/mol. The first-order valence-corrected chi connectivity index (χ1v) is 8.58. The van der Waals surface area contributed by atoms with Crippen LogP contribution in [0.5, 0.6) is 0 Å². The van der Waals surface area contributed by atoms with Crippen molar-refractivity contribution in [3.63, 3.8) is 0 Å². The highest BCUT2D eigenvalue weighted by atomic mass is 35.5. The molecule has 0 saturated heterocycles. The van der Waals surface area contributed by atoms with E-state index in [1.54, 1.807) is 5.06 Å². The summed E-state index contributed by atoms with van der Waals surface area (Å²) in [7, 11) is 0. The van der Waals surface area contributed by atoms with Gasteiger partial charge in [-0.25, -0.2) is 0 Å². The quantitative estimate of drug-likeness (QED) is 0.467. The average Bonchev–Trinajstić information content (AvgIpc) is 2.47. The Hall–Kier alpha value is -0.850. The Morgan fingerprint density at radius 1 is 1.35 bits per heavy atom. The van der Waals surface area contributed by atoms with E-state index in [4.69, 9.17) is 38.9 Å². The van der Waals surface area contributed by atoms with Gasteiger partial charge in [-0.1, -0.05) is 18.2 Å². The highest BCUT2D eigenvalue weighted by molar-refractivity contribution is 6.18. The Balaban J connectivity index is 2.66. The van der Waals surface area contributed by atoms with Crippen LogP contribution in [0, 0.1) is 6.92 Å². The maximum atomic E-state index is 10.7. The predicted octanol–water partition coefficient (Wildman–Crippen LogP) is 2.55. The lowest BCUT2D eigenvalue weighted by Crippen LogP contribution is -2.28. The van der Waals surface area contributed by atoms with Crippen molar-refractivity contribution in [3.8, 4) is 0 Å². The molecule has 0 aliphatic heterocycles. The fourth-order valence-electron chi connectivity index (χ4n) is 2.21. The molecule has 1 aromatic rings. The molecule has 1 aromatic carbocycles. The highest BCUT2D eigenvalue weighted by Crippen LogP contribution is 2.15. The number of hydrogen-bond donors (Lipinski definition) is 2. The maximum absolute atomic E-state index is 10.7. The number of aryl methyl sites for hydroxylation is 1. The summed E-state index contributed by atoms with van der Waals surface area (Å²) in [5.41, 5.74) is 9.01. The molecule has 0 spiro atoms. The Morgan fingerprint density at radius 2 is 2.00 bits per heavy atom. The van der Waals surface area contributed by atoms with Gasteiger partial charge >= 0.3 is 5.97 Å². The van der Waals surface area contributed by atoms with Crippen molar-refractivity contribution in [2.24, 2.45) is 5.73 Å². The van der Waals surface area contributed by atoms with Gasteiger partial charge in [0.05, 0.1) is 13.0 Å². The van der Waals surface area contributed by atoms with Crippen molar-refractivity contribution in [2.45, 2.75) is 32.4 Å². The van der Waals surface area contributed by atoms with Gasteiger partial charge in [0.2, 0.25) is 0 Å². The third kappa shape index (κ3) is 7.99. The molecule has 7 heteroatoms. The topological polar surface area (TPSA) is 75.8 Å². The third-order valence-electron chi connectivity index (χ3n) is 3.41. The van der Waals surface area contributed by atoms with Crippen molar-refractivity contribution < 1.29 is 14.7 Å². The number of alkyl halides is 2. The van der Waals surface area contributed by atoms with E-state index in [-0.39, 0.29) is 6.42 Å². The van der Waals surface area contributed by atoms with E-state index in [9.17, 15) is 4.79 Å². The fraction of sp³-hybridized carbons (Fsp3) is 0.562. The van der Waals surface area contributed by atoms with Crippen LogP contribution in [0.1, 0.15) is 23.1 Å². The molecule has 23 heavy (non-hydrogen) atoms. The molecule has 0 bridgehead atoms. The van der Waals surface area contributed by atoms with Gasteiger partial charge in [-0.15, -0.1) is 23.2 Å². The number of benzene rings is 1. The molecular weight excluding hydrogens is 339 g/mol. The molecule has 0 saturated carbocycles. The fourth-order valence-corrected chi connectivity index (χ4v) is 2.59. The van der Waals surface area contributed by atoms with Gasteiger partial charge < -0.3 is 10.8 Å². The van der Waals surface area contributed by atoms with E-state index in [1.807, 2.05) is 25.1 Å². The summed E-state index contributed by atoms with van der Waals surface area (Å²) >= 11 is 11.5. The van der Waals surface area contributed by atoms with Gasteiger partial charge in [0, 0.05) is 30.9 Å². The number of carbonyl (C=O) groups is 1. The van der Waals surface area contributed by atoms with E-state index in [1.165, 1.54) is 0 Å². The SMILES string of the molecule is Cc1ccc(CON(CCCl)CCCl)cc1CC(N)CC(=O)O.